The van der Waals surface area contributed by atoms with Crippen LogP contribution in [0.1, 0.15) is 22.3 Å². The molecule has 3 aromatic carbocycles. The van der Waals surface area contributed by atoms with Gasteiger partial charge in [-0.3, -0.25) is 9.38 Å². The number of pyridine rings is 3. The minimum Gasteiger partial charge on any atom is -0.288 e. The van der Waals surface area contributed by atoms with Crippen LogP contribution in [0.2, 0.25) is 0 Å². The van der Waals surface area contributed by atoms with E-state index >= 15 is 0 Å². The van der Waals surface area contributed by atoms with Gasteiger partial charge >= 0.3 is 0 Å². The summed E-state index contributed by atoms with van der Waals surface area (Å²) in [5, 5.41) is 3.66. The van der Waals surface area contributed by atoms with Crippen LogP contribution < -0.4 is 0 Å². The lowest BCUT2D eigenvalue weighted by Gasteiger charge is -2.12. The molecule has 9 rings (SSSR count). The molecule has 4 nitrogen and oxygen atoms in total. The van der Waals surface area contributed by atoms with Crippen molar-refractivity contribution in [1.29, 1.82) is 0 Å². The van der Waals surface area contributed by atoms with Crippen molar-refractivity contribution in [3.63, 3.8) is 0 Å². The molecule has 0 saturated heterocycles. The number of hydrogen-bond donors (Lipinski definition) is 0. The highest BCUT2D eigenvalue weighted by atomic mass is 15.1. The van der Waals surface area contributed by atoms with Crippen LogP contribution in [0.4, 0.5) is 0 Å². The Kier molecular flexibility index (Phi) is 3.11. The van der Waals surface area contributed by atoms with Gasteiger partial charge in [0, 0.05) is 23.2 Å². The van der Waals surface area contributed by atoms with Crippen molar-refractivity contribution in [2.45, 2.75) is 12.8 Å². The van der Waals surface area contributed by atoms with E-state index in [-0.39, 0.29) is 0 Å². The van der Waals surface area contributed by atoms with Gasteiger partial charge in [-0.15, -0.1) is 0 Å². The van der Waals surface area contributed by atoms with E-state index in [4.69, 9.17) is 4.98 Å². The molecular formula is C31H18N4. The number of fused-ring (bicyclic) bond motifs is 15. The van der Waals surface area contributed by atoms with Gasteiger partial charge in [-0.1, -0.05) is 42.5 Å². The van der Waals surface area contributed by atoms with Gasteiger partial charge in [0.25, 0.3) is 0 Å². The summed E-state index contributed by atoms with van der Waals surface area (Å²) in [6.45, 7) is 0. The standard InChI is InChI=1S/C31H18N4/c1-2-5-20-17(4-1)12-18-13-19-14-26-21(25(19)15-24(18)20)7-8-23-22-9-11-32-16-28(22)35-27-6-3-10-33-30(27)34-31(35)29(23)26/h1-11,13,15-16H,12,14H2. The smallest absolute Gasteiger partial charge is 0.178 e. The van der Waals surface area contributed by atoms with Crippen LogP contribution >= 0.6 is 0 Å². The van der Waals surface area contributed by atoms with E-state index in [0.29, 0.717) is 0 Å². The largest absolute Gasteiger partial charge is 0.288 e. The highest BCUT2D eigenvalue weighted by Gasteiger charge is 2.28. The Morgan fingerprint density at radius 3 is 2.57 bits per heavy atom. The minimum atomic E-state index is 0.772. The Labute approximate surface area is 200 Å². The number of nitrogens with zero attached hydrogens (tertiary/aromatic N) is 4. The third kappa shape index (κ3) is 2.15. The van der Waals surface area contributed by atoms with Crippen LogP contribution in [0.15, 0.2) is 85.3 Å². The Bertz CT molecular complexity index is 2070. The first-order valence-corrected chi connectivity index (χ1v) is 12.0. The Morgan fingerprint density at radius 1 is 0.657 bits per heavy atom. The molecule has 2 aliphatic carbocycles. The lowest BCUT2D eigenvalue weighted by atomic mass is 9.96. The molecule has 162 valence electrons. The minimum absolute atomic E-state index is 0.772. The normalized spacial score (nSPS) is 13.5. The Balaban J connectivity index is 1.41. The summed E-state index contributed by atoms with van der Waals surface area (Å²) in [4.78, 5) is 14.1. The molecule has 0 bridgehead atoms. The summed E-state index contributed by atoms with van der Waals surface area (Å²) in [6.07, 6.45) is 7.59. The van der Waals surface area contributed by atoms with Crippen molar-refractivity contribution in [3.05, 3.63) is 108 Å². The van der Waals surface area contributed by atoms with Gasteiger partial charge in [-0.2, -0.15) is 0 Å². The average Bonchev–Trinajstić information content (AvgIpc) is 3.58. The molecule has 7 aromatic rings. The third-order valence-corrected chi connectivity index (χ3v) is 7.97. The lowest BCUT2D eigenvalue weighted by Crippen LogP contribution is -1.95. The zero-order valence-corrected chi connectivity index (χ0v) is 18.8. The highest BCUT2D eigenvalue weighted by molar-refractivity contribution is 6.16. The van der Waals surface area contributed by atoms with E-state index in [1.54, 1.807) is 0 Å². The maximum Gasteiger partial charge on any atom is 0.178 e. The molecule has 4 aromatic heterocycles. The van der Waals surface area contributed by atoms with E-state index in [1.807, 2.05) is 24.7 Å². The molecule has 0 N–H and O–H groups in total. The van der Waals surface area contributed by atoms with Crippen molar-refractivity contribution in [2.24, 2.45) is 0 Å². The molecule has 0 radical (unpaired) electrons. The summed E-state index contributed by atoms with van der Waals surface area (Å²) >= 11 is 0. The lowest BCUT2D eigenvalue weighted by molar-refractivity contribution is 1.22. The van der Waals surface area contributed by atoms with E-state index in [0.717, 1.165) is 35.2 Å². The van der Waals surface area contributed by atoms with Gasteiger partial charge in [0.15, 0.2) is 5.65 Å². The van der Waals surface area contributed by atoms with Gasteiger partial charge < -0.3 is 0 Å². The zero-order valence-electron chi connectivity index (χ0n) is 18.8. The summed E-state index contributed by atoms with van der Waals surface area (Å²) in [6, 6.07) is 24.5. The van der Waals surface area contributed by atoms with Crippen LogP contribution in [0, 0.1) is 0 Å². The molecule has 0 fully saturated rings. The summed E-state index contributed by atoms with van der Waals surface area (Å²) in [5.41, 5.74) is 14.9. The van der Waals surface area contributed by atoms with E-state index < -0.39 is 0 Å². The van der Waals surface area contributed by atoms with Gasteiger partial charge in [0.1, 0.15) is 5.65 Å². The predicted molar refractivity (Wildman–Crippen MR) is 140 cm³/mol. The van der Waals surface area contributed by atoms with Crippen molar-refractivity contribution in [3.8, 4) is 22.3 Å². The van der Waals surface area contributed by atoms with Crippen molar-refractivity contribution in [1.82, 2.24) is 19.4 Å². The summed E-state index contributed by atoms with van der Waals surface area (Å²) < 4.78 is 2.24. The van der Waals surface area contributed by atoms with E-state index in [9.17, 15) is 0 Å². The molecule has 0 spiro atoms. The van der Waals surface area contributed by atoms with Crippen molar-refractivity contribution >= 4 is 38.5 Å². The van der Waals surface area contributed by atoms with E-state index in [1.165, 1.54) is 60.7 Å². The molecule has 35 heavy (non-hydrogen) atoms. The van der Waals surface area contributed by atoms with Gasteiger partial charge in [0.05, 0.1) is 17.2 Å². The first kappa shape index (κ1) is 17.8. The second kappa shape index (κ2) is 6.10. The molecule has 0 atom stereocenters. The maximum absolute atomic E-state index is 5.05. The predicted octanol–water partition coefficient (Wildman–Crippen LogP) is 6.73. The van der Waals surface area contributed by atoms with Gasteiger partial charge in [-0.25, -0.2) is 9.97 Å². The third-order valence-electron chi connectivity index (χ3n) is 7.97. The molecule has 4 heteroatoms. The van der Waals surface area contributed by atoms with Gasteiger partial charge in [0.2, 0.25) is 0 Å². The quantitative estimate of drug-likeness (QED) is 0.243. The molecule has 0 saturated carbocycles. The van der Waals surface area contributed by atoms with E-state index in [2.05, 4.69) is 75.0 Å². The fourth-order valence-corrected chi connectivity index (χ4v) is 6.50. The first-order valence-electron chi connectivity index (χ1n) is 12.0. The topological polar surface area (TPSA) is 43.1 Å². The number of rotatable bonds is 0. The highest BCUT2D eigenvalue weighted by Crippen LogP contribution is 2.47. The van der Waals surface area contributed by atoms with Gasteiger partial charge in [-0.05, 0) is 87.0 Å². The summed E-state index contributed by atoms with van der Waals surface area (Å²) in [7, 11) is 0. The summed E-state index contributed by atoms with van der Waals surface area (Å²) in [5.74, 6) is 0. The van der Waals surface area contributed by atoms with Crippen molar-refractivity contribution < 1.29 is 0 Å². The van der Waals surface area contributed by atoms with Crippen molar-refractivity contribution in [2.75, 3.05) is 0 Å². The molecule has 0 unspecified atom stereocenters. The Morgan fingerprint density at radius 2 is 1.57 bits per heavy atom. The number of imidazole rings is 1. The molecule has 2 aliphatic rings. The monoisotopic (exact) mass is 446 g/mol. The van der Waals surface area contributed by atoms with Crippen LogP contribution in [-0.4, -0.2) is 19.4 Å². The second-order valence-corrected chi connectivity index (χ2v) is 9.70. The SMILES string of the molecule is c1ccc2c(c1)Cc1cc3c(cc1-2)-c1ccc2c4ccncc4n4c5cccnc5nc4c2c1C3. The van der Waals surface area contributed by atoms with Crippen LogP contribution in [0.25, 0.3) is 60.7 Å². The number of aromatic nitrogens is 4. The fraction of sp³-hybridized carbons (Fsp3) is 0.0645. The molecule has 0 amide bonds. The molecule has 4 heterocycles. The average molecular weight is 447 g/mol. The molecule has 0 aliphatic heterocycles. The van der Waals surface area contributed by atoms with Crippen LogP contribution in [0.3, 0.4) is 0 Å². The first-order chi connectivity index (χ1) is 17.3. The Hall–Kier alpha value is -4.57. The van der Waals surface area contributed by atoms with Crippen LogP contribution in [-0.2, 0) is 12.8 Å². The maximum atomic E-state index is 5.05. The fourth-order valence-electron chi connectivity index (χ4n) is 6.50. The number of hydrogen-bond acceptors (Lipinski definition) is 3. The molecular weight excluding hydrogens is 428 g/mol. The van der Waals surface area contributed by atoms with Crippen LogP contribution in [0.5, 0.6) is 0 Å². The second-order valence-electron chi connectivity index (χ2n) is 9.70. The zero-order chi connectivity index (χ0) is 22.7. The number of benzene rings is 3.